The monoisotopic (exact) mass is 338 g/mol. The molecule has 1 unspecified atom stereocenters. The fourth-order valence-electron chi connectivity index (χ4n) is 3.36. The number of carbonyl (C=O) groups is 2. The topological polar surface area (TPSA) is 78.4 Å². The molecular formula is C20H22N2O3. The van der Waals surface area contributed by atoms with E-state index in [9.17, 15) is 14.7 Å². The largest absolute Gasteiger partial charge is 0.383 e. The van der Waals surface area contributed by atoms with E-state index < -0.39 is 5.60 Å². The van der Waals surface area contributed by atoms with Gasteiger partial charge < -0.3 is 15.7 Å². The zero-order chi connectivity index (χ0) is 17.9. The lowest BCUT2D eigenvalue weighted by Gasteiger charge is -2.34. The number of amides is 2. The predicted molar refractivity (Wildman–Crippen MR) is 95.4 cm³/mol. The predicted octanol–water partition coefficient (Wildman–Crippen LogP) is 2.00. The van der Waals surface area contributed by atoms with Gasteiger partial charge in [0.25, 0.3) is 11.8 Å². The number of hydrogen-bond donors (Lipinski definition) is 3. The standard InChI is InChI=1S/C20H22N2O3/c1-21-18(23)15-7-4-8-16(12-15)19(24)22-13-20(25)11-5-9-14-6-2-3-10-17(14)20/h2-4,6-8,10,12,25H,5,9,11,13H2,1H3,(H,21,23)(H,22,24). The SMILES string of the molecule is CNC(=O)c1cccc(C(=O)NCC2(O)CCCc3ccccc32)c1. The minimum absolute atomic E-state index is 0.146. The smallest absolute Gasteiger partial charge is 0.251 e. The van der Waals surface area contributed by atoms with Crippen molar-refractivity contribution >= 4 is 11.8 Å². The summed E-state index contributed by atoms with van der Waals surface area (Å²) in [7, 11) is 1.55. The van der Waals surface area contributed by atoms with Crippen molar-refractivity contribution in [3.05, 3.63) is 70.8 Å². The van der Waals surface area contributed by atoms with Crippen LogP contribution in [0.5, 0.6) is 0 Å². The fourth-order valence-corrected chi connectivity index (χ4v) is 3.36. The van der Waals surface area contributed by atoms with Gasteiger partial charge in [0.05, 0.1) is 6.54 Å². The van der Waals surface area contributed by atoms with Crippen molar-refractivity contribution in [3.8, 4) is 0 Å². The van der Waals surface area contributed by atoms with Crippen LogP contribution in [0.2, 0.25) is 0 Å². The lowest BCUT2D eigenvalue weighted by Crippen LogP contribution is -2.43. The second-order valence-corrected chi connectivity index (χ2v) is 6.38. The molecule has 3 N–H and O–H groups in total. The van der Waals surface area contributed by atoms with Crippen molar-refractivity contribution in [2.45, 2.75) is 24.9 Å². The molecule has 0 saturated heterocycles. The van der Waals surface area contributed by atoms with Gasteiger partial charge in [-0.15, -0.1) is 0 Å². The second kappa shape index (κ2) is 7.07. The van der Waals surface area contributed by atoms with Crippen molar-refractivity contribution in [2.24, 2.45) is 0 Å². The maximum atomic E-state index is 12.5. The number of benzene rings is 2. The highest BCUT2D eigenvalue weighted by atomic mass is 16.3. The van der Waals surface area contributed by atoms with Crippen LogP contribution in [0.1, 0.15) is 44.7 Å². The first kappa shape index (κ1) is 17.2. The van der Waals surface area contributed by atoms with E-state index in [1.807, 2.05) is 24.3 Å². The number of aryl methyl sites for hydroxylation is 1. The molecule has 1 aliphatic rings. The normalized spacial score (nSPS) is 19.0. The van der Waals surface area contributed by atoms with Crippen LogP contribution in [0, 0.1) is 0 Å². The Morgan fingerprint density at radius 3 is 2.56 bits per heavy atom. The summed E-state index contributed by atoms with van der Waals surface area (Å²) in [4.78, 5) is 24.1. The van der Waals surface area contributed by atoms with Gasteiger partial charge in [0, 0.05) is 18.2 Å². The van der Waals surface area contributed by atoms with E-state index in [1.165, 1.54) is 0 Å². The van der Waals surface area contributed by atoms with Crippen molar-refractivity contribution in [1.29, 1.82) is 0 Å². The van der Waals surface area contributed by atoms with Crippen LogP contribution in [0.4, 0.5) is 0 Å². The Bertz CT molecular complexity index is 803. The minimum Gasteiger partial charge on any atom is -0.383 e. The molecule has 0 aromatic heterocycles. The quantitative estimate of drug-likeness (QED) is 0.798. The van der Waals surface area contributed by atoms with Crippen molar-refractivity contribution in [2.75, 3.05) is 13.6 Å². The first-order valence-electron chi connectivity index (χ1n) is 8.44. The van der Waals surface area contributed by atoms with Gasteiger partial charge in [0.15, 0.2) is 0 Å². The molecule has 3 rings (SSSR count). The highest BCUT2D eigenvalue weighted by molar-refractivity contribution is 5.99. The van der Waals surface area contributed by atoms with Crippen molar-refractivity contribution < 1.29 is 14.7 Å². The van der Waals surface area contributed by atoms with Gasteiger partial charge in [-0.1, -0.05) is 30.3 Å². The molecule has 0 fully saturated rings. The van der Waals surface area contributed by atoms with E-state index in [2.05, 4.69) is 10.6 Å². The minimum atomic E-state index is -1.05. The van der Waals surface area contributed by atoms with Gasteiger partial charge in [-0.2, -0.15) is 0 Å². The zero-order valence-corrected chi connectivity index (χ0v) is 14.2. The summed E-state index contributed by atoms with van der Waals surface area (Å²) in [5.74, 6) is -0.545. The lowest BCUT2D eigenvalue weighted by atomic mass is 9.79. The molecule has 0 bridgehead atoms. The number of hydrogen-bond acceptors (Lipinski definition) is 3. The van der Waals surface area contributed by atoms with Gasteiger partial charge in [0.2, 0.25) is 0 Å². The molecule has 2 aromatic rings. The maximum absolute atomic E-state index is 12.5. The van der Waals surface area contributed by atoms with E-state index in [0.29, 0.717) is 17.5 Å². The van der Waals surface area contributed by atoms with Gasteiger partial charge in [-0.3, -0.25) is 9.59 Å². The Morgan fingerprint density at radius 2 is 1.80 bits per heavy atom. The van der Waals surface area contributed by atoms with Gasteiger partial charge >= 0.3 is 0 Å². The molecule has 2 aromatic carbocycles. The highest BCUT2D eigenvalue weighted by Crippen LogP contribution is 2.34. The molecule has 0 aliphatic heterocycles. The van der Waals surface area contributed by atoms with Crippen LogP contribution < -0.4 is 10.6 Å². The summed E-state index contributed by atoms with van der Waals surface area (Å²) < 4.78 is 0. The summed E-state index contributed by atoms with van der Waals surface area (Å²) in [5, 5.41) is 16.4. The number of carbonyl (C=O) groups excluding carboxylic acids is 2. The molecule has 1 aliphatic carbocycles. The summed E-state index contributed by atoms with van der Waals surface area (Å²) in [6, 6.07) is 14.3. The zero-order valence-electron chi connectivity index (χ0n) is 14.2. The number of fused-ring (bicyclic) bond motifs is 1. The van der Waals surface area contributed by atoms with Crippen molar-refractivity contribution in [1.82, 2.24) is 10.6 Å². The molecule has 0 radical (unpaired) electrons. The van der Waals surface area contributed by atoms with Gasteiger partial charge in [-0.05, 0) is 48.6 Å². The fraction of sp³-hybridized carbons (Fsp3) is 0.300. The molecule has 0 heterocycles. The molecule has 5 heteroatoms. The van der Waals surface area contributed by atoms with Crippen LogP contribution in [0.15, 0.2) is 48.5 Å². The second-order valence-electron chi connectivity index (χ2n) is 6.38. The third-order valence-electron chi connectivity index (χ3n) is 4.71. The van der Waals surface area contributed by atoms with Crippen LogP contribution in [0.25, 0.3) is 0 Å². The molecule has 0 spiro atoms. The third kappa shape index (κ3) is 3.56. The molecule has 25 heavy (non-hydrogen) atoms. The molecule has 5 nitrogen and oxygen atoms in total. The molecule has 1 atom stereocenters. The molecule has 2 amide bonds. The Hall–Kier alpha value is -2.66. The molecular weight excluding hydrogens is 316 g/mol. The van der Waals surface area contributed by atoms with E-state index >= 15 is 0 Å². The van der Waals surface area contributed by atoms with Crippen molar-refractivity contribution in [3.63, 3.8) is 0 Å². The van der Waals surface area contributed by atoms with E-state index in [1.54, 1.807) is 31.3 Å². The molecule has 130 valence electrons. The highest BCUT2D eigenvalue weighted by Gasteiger charge is 2.34. The summed E-state index contributed by atoms with van der Waals surface area (Å²) in [6.45, 7) is 0.146. The van der Waals surface area contributed by atoms with Crippen LogP contribution >= 0.6 is 0 Å². The first-order chi connectivity index (χ1) is 12.0. The average molecular weight is 338 g/mol. The third-order valence-corrected chi connectivity index (χ3v) is 4.71. The number of rotatable bonds is 4. The summed E-state index contributed by atoms with van der Waals surface area (Å²) in [5.41, 5.74) is 1.79. The average Bonchev–Trinajstić information content (AvgIpc) is 2.66. The Labute approximate surface area is 147 Å². The molecule has 0 saturated carbocycles. The van der Waals surface area contributed by atoms with E-state index in [0.717, 1.165) is 24.0 Å². The first-order valence-corrected chi connectivity index (χ1v) is 8.44. The summed E-state index contributed by atoms with van der Waals surface area (Å²) in [6.07, 6.45) is 2.44. The van der Waals surface area contributed by atoms with E-state index in [-0.39, 0.29) is 18.4 Å². The van der Waals surface area contributed by atoms with Gasteiger partial charge in [0.1, 0.15) is 5.60 Å². The van der Waals surface area contributed by atoms with Crippen LogP contribution in [-0.2, 0) is 12.0 Å². The number of nitrogens with one attached hydrogen (secondary N) is 2. The Kier molecular flexibility index (Phi) is 4.86. The maximum Gasteiger partial charge on any atom is 0.251 e. The lowest BCUT2D eigenvalue weighted by molar-refractivity contribution is 0.0189. The Balaban J connectivity index is 1.74. The van der Waals surface area contributed by atoms with E-state index in [4.69, 9.17) is 0 Å². The Morgan fingerprint density at radius 1 is 1.08 bits per heavy atom. The summed E-state index contributed by atoms with van der Waals surface area (Å²) >= 11 is 0. The van der Waals surface area contributed by atoms with Crippen LogP contribution in [-0.4, -0.2) is 30.5 Å². The van der Waals surface area contributed by atoms with Gasteiger partial charge in [-0.25, -0.2) is 0 Å². The number of aliphatic hydroxyl groups is 1. The van der Waals surface area contributed by atoms with Crippen LogP contribution in [0.3, 0.4) is 0 Å².